The second-order valence-corrected chi connectivity index (χ2v) is 6.14. The Bertz CT molecular complexity index is 1080. The van der Waals surface area contributed by atoms with Gasteiger partial charge in [0.05, 0.1) is 6.61 Å². The van der Waals surface area contributed by atoms with Crippen molar-refractivity contribution in [1.82, 2.24) is 15.0 Å². The van der Waals surface area contributed by atoms with Crippen molar-refractivity contribution in [2.24, 2.45) is 0 Å². The van der Waals surface area contributed by atoms with Crippen molar-refractivity contribution < 1.29 is 13.5 Å². The summed E-state index contributed by atoms with van der Waals surface area (Å²) in [4.78, 5) is 13.5. The van der Waals surface area contributed by atoms with Crippen molar-refractivity contribution in [2.75, 3.05) is 6.61 Å². The van der Waals surface area contributed by atoms with Crippen molar-refractivity contribution in [3.8, 4) is 17.3 Å². The maximum absolute atomic E-state index is 13.5. The average molecular weight is 363 g/mol. The van der Waals surface area contributed by atoms with Crippen LogP contribution in [0.3, 0.4) is 0 Å². The van der Waals surface area contributed by atoms with E-state index >= 15 is 0 Å². The molecule has 1 atom stereocenters. The van der Waals surface area contributed by atoms with Gasteiger partial charge < -0.3 is 9.15 Å². The molecule has 1 unspecified atom stereocenters. The van der Waals surface area contributed by atoms with Gasteiger partial charge in [-0.2, -0.15) is 9.97 Å². The van der Waals surface area contributed by atoms with Gasteiger partial charge in [-0.25, -0.2) is 9.37 Å². The first-order chi connectivity index (χ1) is 13.2. The Balaban J connectivity index is 1.83. The van der Waals surface area contributed by atoms with Gasteiger partial charge in [0, 0.05) is 11.5 Å². The fourth-order valence-corrected chi connectivity index (χ4v) is 2.88. The first kappa shape index (κ1) is 17.1. The summed E-state index contributed by atoms with van der Waals surface area (Å²) < 4.78 is 25.0. The Hall–Kier alpha value is -3.28. The van der Waals surface area contributed by atoms with Gasteiger partial charge in [-0.15, -0.1) is 0 Å². The standard InChI is InChI=1S/C21H18FN3O2/c1-3-26-20-17-21(27-19(23-17)15-10-7-11-16(22)12-15)25-18(24-20)13(2)14-8-5-4-6-9-14/h4-13H,3H2,1-2H3. The summed E-state index contributed by atoms with van der Waals surface area (Å²) in [6.45, 7) is 4.34. The Labute approximate surface area is 155 Å². The maximum Gasteiger partial charge on any atom is 0.254 e. The number of rotatable bonds is 5. The first-order valence-corrected chi connectivity index (χ1v) is 8.78. The number of hydrogen-bond acceptors (Lipinski definition) is 5. The highest BCUT2D eigenvalue weighted by Crippen LogP contribution is 2.31. The first-order valence-electron chi connectivity index (χ1n) is 8.78. The minimum absolute atomic E-state index is 0.0440. The number of nitrogens with zero attached hydrogens (tertiary/aromatic N) is 3. The smallest absolute Gasteiger partial charge is 0.254 e. The Kier molecular flexibility index (Phi) is 4.54. The predicted octanol–water partition coefficient (Wildman–Crippen LogP) is 4.97. The SMILES string of the molecule is CCOc1nc(C(C)c2ccccc2)nc2oc(-c3cccc(F)c3)nc12. The van der Waals surface area contributed by atoms with Crippen LogP contribution in [0.5, 0.6) is 5.88 Å². The second-order valence-electron chi connectivity index (χ2n) is 6.14. The van der Waals surface area contributed by atoms with E-state index in [0.29, 0.717) is 35.1 Å². The minimum atomic E-state index is -0.357. The highest BCUT2D eigenvalue weighted by atomic mass is 19.1. The molecule has 0 bridgehead atoms. The summed E-state index contributed by atoms with van der Waals surface area (Å²) in [6.07, 6.45) is 0. The fourth-order valence-electron chi connectivity index (χ4n) is 2.88. The zero-order valence-corrected chi connectivity index (χ0v) is 15.0. The Morgan fingerprint density at radius 1 is 1.04 bits per heavy atom. The summed E-state index contributed by atoms with van der Waals surface area (Å²) >= 11 is 0. The van der Waals surface area contributed by atoms with Gasteiger partial charge in [-0.3, -0.25) is 0 Å². The third kappa shape index (κ3) is 3.38. The number of hydrogen-bond donors (Lipinski definition) is 0. The van der Waals surface area contributed by atoms with Crippen LogP contribution in [0.1, 0.15) is 31.2 Å². The molecule has 6 heteroatoms. The predicted molar refractivity (Wildman–Crippen MR) is 100 cm³/mol. The number of oxazole rings is 1. The van der Waals surface area contributed by atoms with Crippen molar-refractivity contribution in [3.05, 3.63) is 71.8 Å². The monoisotopic (exact) mass is 363 g/mol. The summed E-state index contributed by atoms with van der Waals surface area (Å²) in [5.41, 5.74) is 2.38. The molecule has 4 rings (SSSR count). The zero-order valence-electron chi connectivity index (χ0n) is 15.0. The van der Waals surface area contributed by atoms with Crippen LogP contribution >= 0.6 is 0 Å². The summed E-state index contributed by atoms with van der Waals surface area (Å²) in [5.74, 6) is 0.830. The van der Waals surface area contributed by atoms with Gasteiger partial charge in [0.25, 0.3) is 5.71 Å². The number of halogens is 1. The van der Waals surface area contributed by atoms with E-state index < -0.39 is 0 Å². The molecule has 0 N–H and O–H groups in total. The van der Waals surface area contributed by atoms with E-state index in [-0.39, 0.29) is 17.6 Å². The maximum atomic E-state index is 13.5. The third-order valence-electron chi connectivity index (χ3n) is 4.28. The molecule has 0 saturated heterocycles. The van der Waals surface area contributed by atoms with E-state index in [1.165, 1.54) is 12.1 Å². The van der Waals surface area contributed by atoms with Crippen LogP contribution < -0.4 is 4.74 Å². The van der Waals surface area contributed by atoms with Crippen LogP contribution in [0.4, 0.5) is 4.39 Å². The lowest BCUT2D eigenvalue weighted by Gasteiger charge is -2.11. The molecule has 0 radical (unpaired) electrons. The van der Waals surface area contributed by atoms with Crippen molar-refractivity contribution in [2.45, 2.75) is 19.8 Å². The van der Waals surface area contributed by atoms with Gasteiger partial charge in [0.1, 0.15) is 11.6 Å². The molecular formula is C21H18FN3O2. The highest BCUT2D eigenvalue weighted by Gasteiger charge is 2.20. The summed E-state index contributed by atoms with van der Waals surface area (Å²) in [5, 5.41) is 0. The van der Waals surface area contributed by atoms with Crippen LogP contribution in [0.25, 0.3) is 22.7 Å². The summed E-state index contributed by atoms with van der Waals surface area (Å²) in [6, 6.07) is 16.0. The minimum Gasteiger partial charge on any atom is -0.476 e. The molecule has 27 heavy (non-hydrogen) atoms. The van der Waals surface area contributed by atoms with Crippen LogP contribution in [0.2, 0.25) is 0 Å². The zero-order chi connectivity index (χ0) is 18.8. The number of benzene rings is 2. The van der Waals surface area contributed by atoms with Gasteiger partial charge in [-0.1, -0.05) is 43.3 Å². The molecular weight excluding hydrogens is 345 g/mol. The molecule has 4 aromatic rings. The lowest BCUT2D eigenvalue weighted by atomic mass is 10.0. The molecule has 136 valence electrons. The van der Waals surface area contributed by atoms with E-state index in [4.69, 9.17) is 9.15 Å². The van der Waals surface area contributed by atoms with E-state index in [1.54, 1.807) is 12.1 Å². The molecule has 2 aromatic carbocycles. The Morgan fingerprint density at radius 3 is 2.59 bits per heavy atom. The molecule has 0 fully saturated rings. The quantitative estimate of drug-likeness (QED) is 0.501. The summed E-state index contributed by atoms with van der Waals surface area (Å²) in [7, 11) is 0. The van der Waals surface area contributed by atoms with Gasteiger partial charge in [0.15, 0.2) is 5.52 Å². The van der Waals surface area contributed by atoms with Crippen molar-refractivity contribution in [3.63, 3.8) is 0 Å². The number of fused-ring (bicyclic) bond motifs is 1. The van der Waals surface area contributed by atoms with E-state index in [2.05, 4.69) is 15.0 Å². The lowest BCUT2D eigenvalue weighted by molar-refractivity contribution is 0.328. The topological polar surface area (TPSA) is 61.0 Å². The van der Waals surface area contributed by atoms with Gasteiger partial charge >= 0.3 is 0 Å². The molecule has 2 heterocycles. The molecule has 5 nitrogen and oxygen atoms in total. The molecule has 0 aliphatic rings. The van der Waals surface area contributed by atoms with E-state index in [9.17, 15) is 4.39 Å². The van der Waals surface area contributed by atoms with Crippen LogP contribution in [-0.2, 0) is 0 Å². The van der Waals surface area contributed by atoms with Gasteiger partial charge in [-0.05, 0) is 30.7 Å². The van der Waals surface area contributed by atoms with E-state index in [0.717, 1.165) is 5.56 Å². The van der Waals surface area contributed by atoms with Crippen LogP contribution in [0.15, 0.2) is 59.0 Å². The highest BCUT2D eigenvalue weighted by molar-refractivity contribution is 5.77. The normalized spacial score (nSPS) is 12.3. The van der Waals surface area contributed by atoms with Crippen molar-refractivity contribution >= 4 is 11.2 Å². The van der Waals surface area contributed by atoms with E-state index in [1.807, 2.05) is 44.2 Å². The molecule has 0 saturated carbocycles. The van der Waals surface area contributed by atoms with Crippen molar-refractivity contribution in [1.29, 1.82) is 0 Å². The lowest BCUT2D eigenvalue weighted by Crippen LogP contribution is -2.05. The van der Waals surface area contributed by atoms with Crippen LogP contribution in [-0.4, -0.2) is 21.6 Å². The third-order valence-corrected chi connectivity index (χ3v) is 4.28. The molecule has 2 aromatic heterocycles. The largest absolute Gasteiger partial charge is 0.476 e. The molecule has 0 spiro atoms. The fraction of sp³-hybridized carbons (Fsp3) is 0.190. The average Bonchev–Trinajstić information content (AvgIpc) is 3.13. The Morgan fingerprint density at radius 2 is 1.85 bits per heavy atom. The molecule has 0 aliphatic heterocycles. The molecule has 0 aliphatic carbocycles. The van der Waals surface area contributed by atoms with Crippen LogP contribution in [0, 0.1) is 5.82 Å². The second kappa shape index (κ2) is 7.15. The molecule has 0 amide bonds. The van der Waals surface area contributed by atoms with Gasteiger partial charge in [0.2, 0.25) is 11.8 Å². The number of ether oxygens (including phenoxy) is 1. The number of aromatic nitrogens is 3.